The Hall–Kier alpha value is -2.04. The van der Waals surface area contributed by atoms with Crippen molar-refractivity contribution in [2.24, 2.45) is 5.41 Å². The van der Waals surface area contributed by atoms with E-state index in [0.29, 0.717) is 19.5 Å². The Kier molecular flexibility index (Phi) is 5.55. The quantitative estimate of drug-likeness (QED) is 0.773. The van der Waals surface area contributed by atoms with E-state index in [0.717, 1.165) is 5.56 Å². The summed E-state index contributed by atoms with van der Waals surface area (Å²) in [6, 6.07) is 6.48. The first-order valence-electron chi connectivity index (χ1n) is 6.62. The van der Waals surface area contributed by atoms with Crippen LogP contribution in [-0.2, 0) is 6.42 Å². The number of aromatic carboxylic acids is 1. The van der Waals surface area contributed by atoms with E-state index in [-0.39, 0.29) is 17.0 Å². The second kappa shape index (κ2) is 6.93. The zero-order chi connectivity index (χ0) is 15.2. The summed E-state index contributed by atoms with van der Waals surface area (Å²) in [7, 11) is 0. The van der Waals surface area contributed by atoms with Gasteiger partial charge in [0.15, 0.2) is 0 Å². The second-order valence-electron chi connectivity index (χ2n) is 5.92. The van der Waals surface area contributed by atoms with Gasteiger partial charge in [0.2, 0.25) is 0 Å². The lowest BCUT2D eigenvalue weighted by molar-refractivity contribution is 0.0697. The fourth-order valence-electron chi connectivity index (χ4n) is 1.54. The Morgan fingerprint density at radius 3 is 2.20 bits per heavy atom. The maximum atomic E-state index is 11.5. The molecule has 110 valence electrons. The van der Waals surface area contributed by atoms with E-state index >= 15 is 0 Å². The summed E-state index contributed by atoms with van der Waals surface area (Å²) in [6.07, 6.45) is 0.669. The van der Waals surface area contributed by atoms with Gasteiger partial charge in [-0.05, 0) is 29.5 Å². The molecule has 0 heterocycles. The maximum absolute atomic E-state index is 11.5. The number of rotatable bonds is 5. The predicted molar refractivity (Wildman–Crippen MR) is 78.0 cm³/mol. The predicted octanol–water partition coefficient (Wildman–Crippen LogP) is 2.27. The highest BCUT2D eigenvalue weighted by molar-refractivity contribution is 5.87. The standard InChI is InChI=1S/C15H22N2O3/c1-15(2,3)10-17-14(20)16-9-8-11-4-6-12(7-5-11)13(18)19/h4-7H,8-10H2,1-3H3,(H,18,19)(H2,16,17,20). The van der Waals surface area contributed by atoms with Crippen molar-refractivity contribution in [3.8, 4) is 0 Å². The molecule has 0 spiro atoms. The van der Waals surface area contributed by atoms with Gasteiger partial charge in [-0.3, -0.25) is 0 Å². The normalized spacial score (nSPS) is 10.9. The Bertz CT molecular complexity index is 461. The molecule has 3 N–H and O–H groups in total. The van der Waals surface area contributed by atoms with Crippen LogP contribution in [0.1, 0.15) is 36.7 Å². The SMILES string of the molecule is CC(C)(C)CNC(=O)NCCc1ccc(C(=O)O)cc1. The van der Waals surface area contributed by atoms with Crippen molar-refractivity contribution in [2.45, 2.75) is 27.2 Å². The Morgan fingerprint density at radius 1 is 1.10 bits per heavy atom. The van der Waals surface area contributed by atoms with Crippen molar-refractivity contribution in [3.63, 3.8) is 0 Å². The molecule has 5 nitrogen and oxygen atoms in total. The van der Waals surface area contributed by atoms with Crippen LogP contribution in [-0.4, -0.2) is 30.2 Å². The highest BCUT2D eigenvalue weighted by atomic mass is 16.4. The van der Waals surface area contributed by atoms with Crippen molar-refractivity contribution in [1.29, 1.82) is 0 Å². The number of amides is 2. The molecular formula is C15H22N2O3. The van der Waals surface area contributed by atoms with E-state index in [2.05, 4.69) is 31.4 Å². The van der Waals surface area contributed by atoms with Crippen molar-refractivity contribution in [3.05, 3.63) is 35.4 Å². The fraction of sp³-hybridized carbons (Fsp3) is 0.467. The van der Waals surface area contributed by atoms with Crippen LogP contribution in [0.2, 0.25) is 0 Å². The maximum Gasteiger partial charge on any atom is 0.335 e. The van der Waals surface area contributed by atoms with Gasteiger partial charge in [0.1, 0.15) is 0 Å². The van der Waals surface area contributed by atoms with Gasteiger partial charge in [-0.25, -0.2) is 9.59 Å². The number of urea groups is 1. The summed E-state index contributed by atoms with van der Waals surface area (Å²) in [5, 5.41) is 14.4. The number of hydrogen-bond donors (Lipinski definition) is 3. The molecule has 2 amide bonds. The summed E-state index contributed by atoms with van der Waals surface area (Å²) in [5.74, 6) is -0.934. The summed E-state index contributed by atoms with van der Waals surface area (Å²) >= 11 is 0. The number of carboxylic acids is 1. The number of carbonyl (C=O) groups is 2. The molecule has 0 bridgehead atoms. The molecule has 0 saturated heterocycles. The van der Waals surface area contributed by atoms with Crippen LogP contribution in [0.25, 0.3) is 0 Å². The van der Waals surface area contributed by atoms with Gasteiger partial charge >= 0.3 is 12.0 Å². The molecule has 20 heavy (non-hydrogen) atoms. The minimum Gasteiger partial charge on any atom is -0.478 e. The smallest absolute Gasteiger partial charge is 0.335 e. The highest BCUT2D eigenvalue weighted by Gasteiger charge is 2.11. The Morgan fingerprint density at radius 2 is 1.70 bits per heavy atom. The average Bonchev–Trinajstić information content (AvgIpc) is 2.36. The minimum atomic E-state index is -0.934. The van der Waals surface area contributed by atoms with Crippen molar-refractivity contribution in [1.82, 2.24) is 10.6 Å². The first-order chi connectivity index (χ1) is 9.28. The molecular weight excluding hydrogens is 256 g/mol. The van der Waals surface area contributed by atoms with Gasteiger partial charge in [-0.15, -0.1) is 0 Å². The van der Waals surface area contributed by atoms with Gasteiger partial charge in [0.05, 0.1) is 5.56 Å². The van der Waals surface area contributed by atoms with E-state index in [4.69, 9.17) is 5.11 Å². The molecule has 0 saturated carbocycles. The van der Waals surface area contributed by atoms with Crippen molar-refractivity contribution < 1.29 is 14.7 Å². The van der Waals surface area contributed by atoms with E-state index < -0.39 is 5.97 Å². The summed E-state index contributed by atoms with van der Waals surface area (Å²) in [4.78, 5) is 22.2. The zero-order valence-corrected chi connectivity index (χ0v) is 12.2. The molecule has 5 heteroatoms. The monoisotopic (exact) mass is 278 g/mol. The summed E-state index contributed by atoms with van der Waals surface area (Å²) in [5.41, 5.74) is 1.32. The van der Waals surface area contributed by atoms with Gasteiger partial charge < -0.3 is 15.7 Å². The molecule has 0 atom stereocenters. The summed E-state index contributed by atoms with van der Waals surface area (Å²) in [6.45, 7) is 7.29. The van der Waals surface area contributed by atoms with Crippen molar-refractivity contribution >= 4 is 12.0 Å². The van der Waals surface area contributed by atoms with E-state index in [1.54, 1.807) is 24.3 Å². The molecule has 1 aromatic carbocycles. The fourth-order valence-corrected chi connectivity index (χ4v) is 1.54. The Balaban J connectivity index is 2.30. The lowest BCUT2D eigenvalue weighted by Crippen LogP contribution is -2.40. The van der Waals surface area contributed by atoms with Gasteiger partial charge in [0.25, 0.3) is 0 Å². The summed E-state index contributed by atoms with van der Waals surface area (Å²) < 4.78 is 0. The van der Waals surface area contributed by atoms with Gasteiger partial charge in [-0.2, -0.15) is 0 Å². The first-order valence-corrected chi connectivity index (χ1v) is 6.62. The number of carbonyl (C=O) groups excluding carboxylic acids is 1. The van der Waals surface area contributed by atoms with Gasteiger partial charge in [-0.1, -0.05) is 32.9 Å². The lowest BCUT2D eigenvalue weighted by Gasteiger charge is -2.18. The first kappa shape index (κ1) is 16.0. The minimum absolute atomic E-state index is 0.0595. The topological polar surface area (TPSA) is 78.4 Å². The number of benzene rings is 1. The van der Waals surface area contributed by atoms with Gasteiger partial charge in [0, 0.05) is 13.1 Å². The number of carboxylic acid groups (broad SMARTS) is 1. The second-order valence-corrected chi connectivity index (χ2v) is 5.92. The third-order valence-electron chi connectivity index (χ3n) is 2.68. The van der Waals surface area contributed by atoms with Crippen molar-refractivity contribution in [2.75, 3.05) is 13.1 Å². The molecule has 0 aromatic heterocycles. The lowest BCUT2D eigenvalue weighted by atomic mass is 9.97. The zero-order valence-electron chi connectivity index (χ0n) is 12.2. The van der Waals surface area contributed by atoms with Crippen LogP contribution in [0.4, 0.5) is 4.79 Å². The van der Waals surface area contributed by atoms with Crippen LogP contribution in [0.3, 0.4) is 0 Å². The molecule has 0 aliphatic rings. The van der Waals surface area contributed by atoms with Crippen LogP contribution in [0, 0.1) is 5.41 Å². The number of hydrogen-bond acceptors (Lipinski definition) is 2. The van der Waals surface area contributed by atoms with E-state index in [1.165, 1.54) is 0 Å². The van der Waals surface area contributed by atoms with Crippen LogP contribution in [0.15, 0.2) is 24.3 Å². The molecule has 1 rings (SSSR count). The molecule has 0 fully saturated rings. The van der Waals surface area contributed by atoms with Crippen LogP contribution in [0.5, 0.6) is 0 Å². The average molecular weight is 278 g/mol. The molecule has 0 unspecified atom stereocenters. The van der Waals surface area contributed by atoms with E-state index in [9.17, 15) is 9.59 Å². The van der Waals surface area contributed by atoms with E-state index in [1.807, 2.05) is 0 Å². The molecule has 0 aliphatic carbocycles. The Labute approximate surface area is 119 Å². The van der Waals surface area contributed by atoms with Crippen LogP contribution < -0.4 is 10.6 Å². The largest absolute Gasteiger partial charge is 0.478 e. The number of nitrogens with one attached hydrogen (secondary N) is 2. The molecule has 1 aromatic rings. The highest BCUT2D eigenvalue weighted by Crippen LogP contribution is 2.09. The molecule has 0 aliphatic heterocycles. The third kappa shape index (κ3) is 6.22. The van der Waals surface area contributed by atoms with Crippen LogP contribution >= 0.6 is 0 Å². The molecule has 0 radical (unpaired) electrons. The third-order valence-corrected chi connectivity index (χ3v) is 2.68.